The van der Waals surface area contributed by atoms with Crippen LogP contribution in [0.4, 0.5) is 5.69 Å². The summed E-state index contributed by atoms with van der Waals surface area (Å²) >= 11 is 12.3. The topological polar surface area (TPSA) is 38.4 Å². The summed E-state index contributed by atoms with van der Waals surface area (Å²) in [6.07, 6.45) is 5.18. The van der Waals surface area contributed by atoms with Crippen LogP contribution in [0, 0.1) is 13.8 Å². The summed E-state index contributed by atoms with van der Waals surface area (Å²) in [5.74, 6) is -0.141. The maximum absolute atomic E-state index is 14.0. The molecule has 1 N–H and O–H groups in total. The molecule has 4 nitrogen and oxygen atoms in total. The van der Waals surface area contributed by atoms with Crippen molar-refractivity contribution in [1.82, 2.24) is 8.97 Å². The molecule has 6 heteroatoms. The quantitative estimate of drug-likeness (QED) is 0.249. The number of anilines is 1. The standard InChI is InChI=1S/C31H27Cl2N3O/c1-19-6-7-22(17-20(19)2)28-26-5-3-4-16-35-27(21-8-10-23(32)11-9-21)18-36(31(26)35)29(28)30(37)34-25-14-12-24(33)13-15-25/h6-15,17-18H,3-5,16H2,1-2H3,(H,34,37). The maximum Gasteiger partial charge on any atom is 0.273 e. The summed E-state index contributed by atoms with van der Waals surface area (Å²) in [7, 11) is 0. The van der Waals surface area contributed by atoms with Gasteiger partial charge in [0.2, 0.25) is 0 Å². The van der Waals surface area contributed by atoms with Crippen LogP contribution in [0.3, 0.4) is 0 Å². The van der Waals surface area contributed by atoms with Crippen molar-refractivity contribution in [2.24, 2.45) is 0 Å². The summed E-state index contributed by atoms with van der Waals surface area (Å²) < 4.78 is 4.47. The number of halogens is 2. The molecule has 0 unspecified atom stereocenters. The van der Waals surface area contributed by atoms with Gasteiger partial charge in [-0.3, -0.25) is 9.20 Å². The van der Waals surface area contributed by atoms with Crippen molar-refractivity contribution in [3.8, 4) is 22.4 Å². The summed E-state index contributed by atoms with van der Waals surface area (Å²) in [4.78, 5) is 14.0. The van der Waals surface area contributed by atoms with Crippen LogP contribution in [0.2, 0.25) is 10.0 Å². The predicted molar refractivity (Wildman–Crippen MR) is 153 cm³/mol. The van der Waals surface area contributed by atoms with Gasteiger partial charge in [-0.15, -0.1) is 0 Å². The fourth-order valence-corrected chi connectivity index (χ4v) is 5.64. The first-order valence-corrected chi connectivity index (χ1v) is 13.3. The number of carbonyl (C=O) groups excluding carboxylic acids is 1. The number of nitrogens with one attached hydrogen (secondary N) is 1. The third kappa shape index (κ3) is 4.24. The monoisotopic (exact) mass is 527 g/mol. The third-order valence-corrected chi connectivity index (χ3v) is 7.89. The van der Waals surface area contributed by atoms with E-state index in [9.17, 15) is 4.79 Å². The second-order valence-electron chi connectivity index (χ2n) is 9.79. The summed E-state index contributed by atoms with van der Waals surface area (Å²) in [5.41, 5.74) is 10.4. The Morgan fingerprint density at radius 3 is 2.22 bits per heavy atom. The molecule has 1 aliphatic heterocycles. The summed E-state index contributed by atoms with van der Waals surface area (Å²) in [6.45, 7) is 5.14. The van der Waals surface area contributed by atoms with E-state index in [0.717, 1.165) is 53.8 Å². The van der Waals surface area contributed by atoms with E-state index in [2.05, 4.69) is 52.5 Å². The number of aryl methyl sites for hydroxylation is 4. The van der Waals surface area contributed by atoms with E-state index in [0.29, 0.717) is 21.4 Å². The molecule has 37 heavy (non-hydrogen) atoms. The number of hydrogen-bond donors (Lipinski definition) is 1. The molecule has 186 valence electrons. The maximum atomic E-state index is 14.0. The van der Waals surface area contributed by atoms with E-state index >= 15 is 0 Å². The molecule has 6 rings (SSSR count). The summed E-state index contributed by atoms with van der Waals surface area (Å²) in [6, 6.07) is 21.6. The van der Waals surface area contributed by atoms with Crippen molar-refractivity contribution in [3.05, 3.63) is 105 Å². The van der Waals surface area contributed by atoms with Crippen LogP contribution in [0.5, 0.6) is 0 Å². The van der Waals surface area contributed by atoms with E-state index in [1.54, 1.807) is 12.1 Å². The van der Waals surface area contributed by atoms with Gasteiger partial charge in [0.1, 0.15) is 11.3 Å². The molecule has 2 aromatic heterocycles. The van der Waals surface area contributed by atoms with Gasteiger partial charge in [0.15, 0.2) is 0 Å². The molecule has 0 aliphatic carbocycles. The molecule has 0 spiro atoms. The van der Waals surface area contributed by atoms with Gasteiger partial charge in [0, 0.05) is 39.6 Å². The Labute approximate surface area is 226 Å². The minimum absolute atomic E-state index is 0.141. The Kier molecular flexibility index (Phi) is 6.10. The molecule has 3 heterocycles. The first-order chi connectivity index (χ1) is 17.9. The van der Waals surface area contributed by atoms with Gasteiger partial charge in [-0.2, -0.15) is 0 Å². The van der Waals surface area contributed by atoms with Gasteiger partial charge in [-0.25, -0.2) is 0 Å². The van der Waals surface area contributed by atoms with E-state index in [4.69, 9.17) is 23.2 Å². The second kappa shape index (κ2) is 9.44. The normalized spacial score (nSPS) is 13.1. The lowest BCUT2D eigenvalue weighted by molar-refractivity contribution is 0.102. The lowest BCUT2D eigenvalue weighted by Gasteiger charge is -2.12. The number of hydrogen-bond acceptors (Lipinski definition) is 1. The highest BCUT2D eigenvalue weighted by Crippen LogP contribution is 2.40. The van der Waals surface area contributed by atoms with Crippen molar-refractivity contribution in [3.63, 3.8) is 0 Å². The zero-order valence-electron chi connectivity index (χ0n) is 20.8. The average molecular weight is 528 g/mol. The van der Waals surface area contributed by atoms with Crippen LogP contribution in [0.15, 0.2) is 72.9 Å². The molecular formula is C31H27Cl2N3O. The van der Waals surface area contributed by atoms with Crippen molar-refractivity contribution in [2.75, 3.05) is 5.32 Å². The highest BCUT2D eigenvalue weighted by atomic mass is 35.5. The summed E-state index contributed by atoms with van der Waals surface area (Å²) in [5, 5.41) is 4.46. The van der Waals surface area contributed by atoms with Crippen LogP contribution in [-0.2, 0) is 13.0 Å². The number of aromatic nitrogens is 2. The molecule has 1 aliphatic rings. The molecule has 1 amide bonds. The lowest BCUT2D eigenvalue weighted by Crippen LogP contribution is -2.15. The van der Waals surface area contributed by atoms with E-state index in [1.807, 2.05) is 36.4 Å². The van der Waals surface area contributed by atoms with Gasteiger partial charge >= 0.3 is 0 Å². The van der Waals surface area contributed by atoms with Gasteiger partial charge < -0.3 is 9.88 Å². The molecule has 0 atom stereocenters. The predicted octanol–water partition coefficient (Wildman–Crippen LogP) is 8.59. The highest BCUT2D eigenvalue weighted by Gasteiger charge is 2.29. The molecular weight excluding hydrogens is 501 g/mol. The Bertz CT molecular complexity index is 1640. The highest BCUT2D eigenvalue weighted by molar-refractivity contribution is 6.31. The molecule has 0 radical (unpaired) electrons. The fraction of sp³-hybridized carbons (Fsp3) is 0.194. The minimum atomic E-state index is -0.141. The lowest BCUT2D eigenvalue weighted by atomic mass is 9.95. The second-order valence-corrected chi connectivity index (χ2v) is 10.7. The molecule has 0 bridgehead atoms. The number of carbonyl (C=O) groups is 1. The van der Waals surface area contributed by atoms with Crippen LogP contribution >= 0.6 is 23.2 Å². The van der Waals surface area contributed by atoms with Crippen molar-refractivity contribution in [2.45, 2.75) is 39.7 Å². The van der Waals surface area contributed by atoms with E-state index in [1.165, 1.54) is 16.7 Å². The first kappa shape index (κ1) is 23.9. The van der Waals surface area contributed by atoms with Crippen LogP contribution in [-0.4, -0.2) is 14.9 Å². The number of amides is 1. The number of imidazole rings is 1. The van der Waals surface area contributed by atoms with Gasteiger partial charge in [-0.1, -0.05) is 53.5 Å². The number of rotatable bonds is 4. The molecule has 3 aromatic carbocycles. The molecule has 5 aromatic rings. The molecule has 0 saturated heterocycles. The van der Waals surface area contributed by atoms with Gasteiger partial charge in [0.05, 0.1) is 5.69 Å². The van der Waals surface area contributed by atoms with Gasteiger partial charge in [-0.05, 0) is 91.8 Å². The first-order valence-electron chi connectivity index (χ1n) is 12.6. The Balaban J connectivity index is 1.61. The number of benzene rings is 3. The minimum Gasteiger partial charge on any atom is -0.325 e. The number of nitrogens with zero attached hydrogens (tertiary/aromatic N) is 2. The average Bonchev–Trinajstić information content (AvgIpc) is 3.30. The Morgan fingerprint density at radius 1 is 0.838 bits per heavy atom. The zero-order chi connectivity index (χ0) is 25.7. The van der Waals surface area contributed by atoms with Crippen molar-refractivity contribution >= 4 is 40.4 Å². The zero-order valence-corrected chi connectivity index (χ0v) is 22.3. The molecule has 0 fully saturated rings. The Morgan fingerprint density at radius 2 is 1.51 bits per heavy atom. The third-order valence-electron chi connectivity index (χ3n) is 7.39. The van der Waals surface area contributed by atoms with Crippen LogP contribution in [0.1, 0.15) is 40.0 Å². The fourth-order valence-electron chi connectivity index (χ4n) is 5.39. The van der Waals surface area contributed by atoms with Crippen LogP contribution in [0.25, 0.3) is 28.0 Å². The van der Waals surface area contributed by atoms with Crippen molar-refractivity contribution in [1.29, 1.82) is 0 Å². The SMILES string of the molecule is Cc1ccc(-c2c3c4n(c(-c5ccc(Cl)cc5)cn4c2C(=O)Nc2ccc(Cl)cc2)CCCC3)cc1C. The van der Waals surface area contributed by atoms with E-state index in [-0.39, 0.29) is 5.91 Å². The largest absolute Gasteiger partial charge is 0.325 e. The van der Waals surface area contributed by atoms with E-state index < -0.39 is 0 Å². The Hall–Kier alpha value is -3.47. The van der Waals surface area contributed by atoms with Gasteiger partial charge in [0.25, 0.3) is 5.91 Å². The van der Waals surface area contributed by atoms with Crippen LogP contribution < -0.4 is 5.32 Å². The molecule has 0 saturated carbocycles. The van der Waals surface area contributed by atoms with Crippen molar-refractivity contribution < 1.29 is 4.79 Å². The smallest absolute Gasteiger partial charge is 0.273 e.